The fourth-order valence-corrected chi connectivity index (χ4v) is 3.66. The summed E-state index contributed by atoms with van der Waals surface area (Å²) in [5.74, 6) is -0.933. The summed E-state index contributed by atoms with van der Waals surface area (Å²) >= 11 is 0. The molecule has 0 aromatic carbocycles. The lowest BCUT2D eigenvalue weighted by atomic mass is 10.1. The number of hydrogen-bond acceptors (Lipinski definition) is 7. The first-order valence-corrected chi connectivity index (χ1v) is 10.5. The number of nitrogens with zero attached hydrogens (tertiary/aromatic N) is 2. The molecule has 0 radical (unpaired) electrons. The van der Waals surface area contributed by atoms with Crippen molar-refractivity contribution < 1.29 is 43.7 Å². The predicted octanol–water partition coefficient (Wildman–Crippen LogP) is -1.59. The molecule has 1 atom stereocenters. The summed E-state index contributed by atoms with van der Waals surface area (Å²) in [7, 11) is -10.8. The van der Waals surface area contributed by atoms with Crippen molar-refractivity contribution in [2.75, 3.05) is 6.54 Å². The Bertz CT molecular complexity index is 620. The Balaban J connectivity index is 0.000000541. The number of rotatable bonds is 9. The van der Waals surface area contributed by atoms with Gasteiger partial charge in [-0.15, -0.1) is 0 Å². The van der Waals surface area contributed by atoms with Gasteiger partial charge in [-0.1, -0.05) is 6.42 Å². The van der Waals surface area contributed by atoms with Crippen LogP contribution in [0.5, 0.6) is 0 Å². The first-order valence-electron chi connectivity index (χ1n) is 7.24. The van der Waals surface area contributed by atoms with Crippen molar-refractivity contribution in [3.05, 3.63) is 18.7 Å². The molecule has 0 saturated carbocycles. The molecule has 15 heteroatoms. The number of unbranched alkanes of at least 4 members (excludes halogenated alkanes) is 1. The second kappa shape index (κ2) is 10.3. The van der Waals surface area contributed by atoms with E-state index in [0.29, 0.717) is 13.0 Å². The van der Waals surface area contributed by atoms with E-state index in [1.807, 2.05) is 0 Å². The van der Waals surface area contributed by atoms with Crippen molar-refractivity contribution in [1.82, 2.24) is 9.55 Å². The van der Waals surface area contributed by atoms with Gasteiger partial charge < -0.3 is 45.8 Å². The lowest BCUT2D eigenvalue weighted by Crippen LogP contribution is -2.33. The fourth-order valence-electron chi connectivity index (χ4n) is 1.61. The highest BCUT2D eigenvalue weighted by molar-refractivity contribution is 7.72. The van der Waals surface area contributed by atoms with E-state index in [1.54, 1.807) is 0 Å². The molecule has 0 aliphatic heterocycles. The van der Waals surface area contributed by atoms with Crippen LogP contribution in [0.4, 0.5) is 0 Å². The summed E-state index contributed by atoms with van der Waals surface area (Å²) in [4.78, 5) is 48.9. The van der Waals surface area contributed by atoms with Crippen LogP contribution in [-0.2, 0) is 20.5 Å². The molecule has 0 fully saturated rings. The van der Waals surface area contributed by atoms with Gasteiger partial charge in [0.2, 0.25) is 0 Å². The molecule has 152 valence electrons. The smallest absolute Gasteiger partial charge is 0.371 e. The normalized spacial score (nSPS) is 13.7. The summed E-state index contributed by atoms with van der Waals surface area (Å²) in [6.45, 7) is -0.353. The first-order chi connectivity index (χ1) is 11.8. The van der Waals surface area contributed by atoms with Crippen LogP contribution in [0, 0.1) is 0 Å². The zero-order valence-electron chi connectivity index (χ0n) is 13.7. The van der Waals surface area contributed by atoms with Gasteiger partial charge in [-0.05, 0) is 19.4 Å². The number of carboxylic acids is 1. The zero-order chi connectivity index (χ0) is 20.6. The maximum absolute atomic E-state index is 10.9. The number of carbonyl (C=O) groups is 1. The zero-order valence-corrected chi connectivity index (χ0v) is 15.5. The van der Waals surface area contributed by atoms with Gasteiger partial charge in [0.15, 0.2) is 0 Å². The Hall–Kier alpha value is -1.14. The predicted molar refractivity (Wildman–Crippen MR) is 89.8 cm³/mol. The lowest BCUT2D eigenvalue weighted by molar-refractivity contribution is -0.138. The molecule has 10 N–H and O–H groups in total. The Morgan fingerprint density at radius 3 is 2.08 bits per heavy atom. The number of aliphatic hydroxyl groups is 1. The van der Waals surface area contributed by atoms with Crippen molar-refractivity contribution in [1.29, 1.82) is 0 Å². The average molecular weight is 418 g/mol. The van der Waals surface area contributed by atoms with Crippen molar-refractivity contribution >= 4 is 21.2 Å². The van der Waals surface area contributed by atoms with E-state index in [9.17, 15) is 19.0 Å². The Labute approximate surface area is 149 Å². The maximum atomic E-state index is 10.9. The quantitative estimate of drug-likeness (QED) is 0.167. The van der Waals surface area contributed by atoms with Crippen molar-refractivity contribution in [3.63, 3.8) is 0 Å². The molecule has 1 aromatic rings. The summed E-state index contributed by atoms with van der Waals surface area (Å²) in [5.41, 5.74) is 10.4. The number of aromatic nitrogens is 2. The number of aliphatic carboxylic acids is 1. The number of carboxylic acid groups (broad SMARTS) is 1. The van der Waals surface area contributed by atoms with Crippen molar-refractivity contribution in [3.8, 4) is 0 Å². The van der Waals surface area contributed by atoms with Crippen LogP contribution in [0.25, 0.3) is 0 Å². The molecule has 0 spiro atoms. The largest absolute Gasteiger partial charge is 0.480 e. The second-order valence-electron chi connectivity index (χ2n) is 5.33. The standard InChI is InChI=1S/C6H14N2O2.C5H10N2O7P2/c7-4-2-1-3-5(8)6(9)10;8-5(15(9,10)11,16(12,13)14)3-7-2-1-6-4-7/h5H,1-4,7-8H2,(H,9,10);1-2,4,8H,3H2,(H2,9,10,11)(H2,12,13,14)/t5-;/m0./s1. The molecule has 0 unspecified atom stereocenters. The third kappa shape index (κ3) is 7.62. The minimum absolute atomic E-state index is 0.520. The van der Waals surface area contributed by atoms with E-state index in [0.717, 1.165) is 23.7 Å². The van der Waals surface area contributed by atoms with E-state index < -0.39 is 38.8 Å². The van der Waals surface area contributed by atoms with Gasteiger partial charge in [0.05, 0.1) is 12.9 Å². The molecule has 0 saturated heterocycles. The van der Waals surface area contributed by atoms with Crippen LogP contribution in [0.3, 0.4) is 0 Å². The van der Waals surface area contributed by atoms with Crippen LogP contribution < -0.4 is 11.5 Å². The van der Waals surface area contributed by atoms with Gasteiger partial charge in [-0.25, -0.2) is 4.98 Å². The van der Waals surface area contributed by atoms with Gasteiger partial charge in [0, 0.05) is 12.4 Å². The summed E-state index contributed by atoms with van der Waals surface area (Å²) in [6.07, 6.45) is 5.67. The van der Waals surface area contributed by atoms with Crippen LogP contribution in [0.2, 0.25) is 0 Å². The summed E-state index contributed by atoms with van der Waals surface area (Å²) in [6, 6.07) is -0.716. The van der Waals surface area contributed by atoms with Crippen LogP contribution >= 0.6 is 15.2 Å². The number of imidazole rings is 1. The molecule has 0 aliphatic rings. The van der Waals surface area contributed by atoms with Gasteiger partial charge >= 0.3 is 21.2 Å². The average Bonchev–Trinajstić information content (AvgIpc) is 2.98. The van der Waals surface area contributed by atoms with Gasteiger partial charge in [-0.3, -0.25) is 13.9 Å². The van der Waals surface area contributed by atoms with Crippen LogP contribution in [-0.4, -0.2) is 63.0 Å². The monoisotopic (exact) mass is 418 g/mol. The highest BCUT2D eigenvalue weighted by atomic mass is 31.2. The van der Waals surface area contributed by atoms with Crippen LogP contribution in [0.1, 0.15) is 19.3 Å². The Morgan fingerprint density at radius 1 is 1.19 bits per heavy atom. The molecular formula is C11H24N4O9P2. The van der Waals surface area contributed by atoms with E-state index in [4.69, 9.17) is 36.1 Å². The Morgan fingerprint density at radius 2 is 1.73 bits per heavy atom. The van der Waals surface area contributed by atoms with Crippen molar-refractivity contribution in [2.24, 2.45) is 11.5 Å². The van der Waals surface area contributed by atoms with Crippen LogP contribution in [0.15, 0.2) is 18.7 Å². The van der Waals surface area contributed by atoms with E-state index in [2.05, 4.69) is 4.98 Å². The molecule has 0 bridgehead atoms. The molecule has 1 aromatic heterocycles. The van der Waals surface area contributed by atoms with Gasteiger partial charge in [0.25, 0.3) is 5.08 Å². The Kier molecular flexibility index (Phi) is 9.81. The molecule has 0 amide bonds. The minimum atomic E-state index is -5.41. The molecule has 0 aliphatic carbocycles. The SMILES string of the molecule is NCCCC[C@H](N)C(=O)O.O=P(O)(O)C(O)(Cn1ccnc1)P(=O)(O)O. The molecule has 1 rings (SSSR count). The topological polar surface area (TPSA) is 242 Å². The fraction of sp³-hybridized carbons (Fsp3) is 0.636. The third-order valence-electron chi connectivity index (χ3n) is 3.17. The summed E-state index contributed by atoms with van der Waals surface area (Å²) < 4.78 is 22.8. The van der Waals surface area contributed by atoms with Gasteiger partial charge in [0.1, 0.15) is 6.04 Å². The van der Waals surface area contributed by atoms with E-state index in [1.165, 1.54) is 12.4 Å². The summed E-state index contributed by atoms with van der Waals surface area (Å²) in [5, 5.41) is 14.4. The van der Waals surface area contributed by atoms with E-state index in [-0.39, 0.29) is 0 Å². The third-order valence-corrected chi connectivity index (χ3v) is 6.89. The molecular weight excluding hydrogens is 394 g/mol. The minimum Gasteiger partial charge on any atom is -0.480 e. The van der Waals surface area contributed by atoms with Gasteiger partial charge in [-0.2, -0.15) is 0 Å². The number of nitrogens with two attached hydrogens (primary N) is 2. The lowest BCUT2D eigenvalue weighted by Gasteiger charge is -2.29. The number of hydrogen-bond donors (Lipinski definition) is 8. The highest BCUT2D eigenvalue weighted by Gasteiger charge is 2.59. The first kappa shape index (κ1) is 24.9. The molecule has 1 heterocycles. The molecule has 26 heavy (non-hydrogen) atoms. The maximum Gasteiger partial charge on any atom is 0.371 e. The van der Waals surface area contributed by atoms with E-state index >= 15 is 0 Å². The molecule has 13 nitrogen and oxygen atoms in total. The van der Waals surface area contributed by atoms with Crippen molar-refractivity contribution in [2.45, 2.75) is 36.9 Å². The second-order valence-corrected chi connectivity index (χ2v) is 9.34. The highest BCUT2D eigenvalue weighted by Crippen LogP contribution is 2.67.